The van der Waals surface area contributed by atoms with Crippen molar-refractivity contribution in [2.24, 2.45) is 0 Å². The van der Waals surface area contributed by atoms with Gasteiger partial charge in [0.15, 0.2) is 6.61 Å². The van der Waals surface area contributed by atoms with Crippen LogP contribution in [0.15, 0.2) is 18.2 Å². The van der Waals surface area contributed by atoms with E-state index in [1.807, 2.05) is 0 Å². The third kappa shape index (κ3) is 3.73. The van der Waals surface area contributed by atoms with E-state index in [0.717, 1.165) is 6.07 Å². The minimum Gasteiger partial charge on any atom is -0.484 e. The summed E-state index contributed by atoms with van der Waals surface area (Å²) < 4.78 is 17.7. The maximum Gasteiger partial charge on any atom is 0.281 e. The van der Waals surface area contributed by atoms with Crippen LogP contribution >= 0.6 is 11.6 Å². The highest BCUT2D eigenvalue weighted by Crippen LogP contribution is 2.20. The Kier molecular flexibility index (Phi) is 4.33. The van der Waals surface area contributed by atoms with Crippen molar-refractivity contribution in [1.29, 1.82) is 0 Å². The Labute approximate surface area is 90.9 Å². The first-order valence-electron chi connectivity index (χ1n) is 4.03. The number of hydroxylamine groups is 1. The van der Waals surface area contributed by atoms with E-state index in [2.05, 4.69) is 10.3 Å². The molecule has 0 saturated carbocycles. The van der Waals surface area contributed by atoms with Gasteiger partial charge in [0.1, 0.15) is 11.6 Å². The lowest BCUT2D eigenvalue weighted by atomic mass is 10.3. The van der Waals surface area contributed by atoms with Gasteiger partial charge in [-0.05, 0) is 12.1 Å². The summed E-state index contributed by atoms with van der Waals surface area (Å²) in [6.45, 7) is -0.226. The zero-order valence-corrected chi connectivity index (χ0v) is 8.68. The van der Waals surface area contributed by atoms with Crippen molar-refractivity contribution in [3.05, 3.63) is 29.0 Å². The lowest BCUT2D eigenvalue weighted by Gasteiger charge is -2.06. The van der Waals surface area contributed by atoms with Crippen LogP contribution in [0.25, 0.3) is 0 Å². The number of rotatable bonds is 4. The fraction of sp³-hybridized carbons (Fsp3) is 0.222. The van der Waals surface area contributed by atoms with Crippen LogP contribution in [-0.2, 0) is 9.63 Å². The van der Waals surface area contributed by atoms with Gasteiger partial charge < -0.3 is 4.74 Å². The molecule has 0 aromatic heterocycles. The van der Waals surface area contributed by atoms with Crippen molar-refractivity contribution < 1.29 is 18.8 Å². The Morgan fingerprint density at radius 2 is 2.33 bits per heavy atom. The van der Waals surface area contributed by atoms with E-state index in [0.29, 0.717) is 5.75 Å². The summed E-state index contributed by atoms with van der Waals surface area (Å²) in [5.41, 5.74) is 2.07. The zero-order chi connectivity index (χ0) is 11.3. The Morgan fingerprint density at radius 3 is 2.93 bits per heavy atom. The van der Waals surface area contributed by atoms with Crippen molar-refractivity contribution in [2.45, 2.75) is 0 Å². The zero-order valence-electron chi connectivity index (χ0n) is 7.92. The molecule has 0 aliphatic heterocycles. The molecule has 0 fully saturated rings. The van der Waals surface area contributed by atoms with E-state index in [1.165, 1.54) is 19.2 Å². The van der Waals surface area contributed by atoms with Gasteiger partial charge >= 0.3 is 0 Å². The molecule has 0 saturated heterocycles. The highest BCUT2D eigenvalue weighted by molar-refractivity contribution is 6.30. The molecule has 1 aromatic rings. The molecular formula is C9H9ClFNO3. The average molecular weight is 234 g/mol. The summed E-state index contributed by atoms with van der Waals surface area (Å²) >= 11 is 5.51. The highest BCUT2D eigenvalue weighted by Gasteiger charge is 2.04. The fourth-order valence-corrected chi connectivity index (χ4v) is 1.03. The Bertz CT molecular complexity index is 359. The fourth-order valence-electron chi connectivity index (χ4n) is 0.859. The molecule has 4 nitrogen and oxygen atoms in total. The second-order valence-corrected chi connectivity index (χ2v) is 3.00. The van der Waals surface area contributed by atoms with Gasteiger partial charge in [0.05, 0.1) is 12.1 Å². The van der Waals surface area contributed by atoms with Gasteiger partial charge in [0, 0.05) is 6.07 Å². The van der Waals surface area contributed by atoms with E-state index in [-0.39, 0.29) is 11.6 Å². The van der Waals surface area contributed by atoms with E-state index in [9.17, 15) is 9.18 Å². The SMILES string of the molecule is CONC(=O)COc1ccc(F)c(Cl)c1. The Morgan fingerprint density at radius 1 is 1.60 bits per heavy atom. The van der Waals surface area contributed by atoms with Crippen LogP contribution in [0.4, 0.5) is 4.39 Å². The molecule has 6 heteroatoms. The molecule has 0 aliphatic rings. The van der Waals surface area contributed by atoms with E-state index in [1.54, 1.807) is 0 Å². The molecule has 15 heavy (non-hydrogen) atoms. The summed E-state index contributed by atoms with van der Waals surface area (Å²) in [5.74, 6) is -0.670. The third-order valence-corrected chi connectivity index (χ3v) is 1.77. The minimum absolute atomic E-state index is 0.0559. The summed E-state index contributed by atoms with van der Waals surface area (Å²) in [7, 11) is 1.31. The lowest BCUT2D eigenvalue weighted by Crippen LogP contribution is -2.27. The average Bonchev–Trinajstić information content (AvgIpc) is 2.20. The molecule has 1 rings (SSSR count). The molecule has 0 atom stereocenters. The van der Waals surface area contributed by atoms with Gasteiger partial charge in [0.25, 0.3) is 5.91 Å². The van der Waals surface area contributed by atoms with Crippen LogP contribution in [0.1, 0.15) is 0 Å². The Hall–Kier alpha value is -1.33. The summed E-state index contributed by atoms with van der Waals surface area (Å²) in [6.07, 6.45) is 0. The van der Waals surface area contributed by atoms with Crippen LogP contribution < -0.4 is 10.2 Å². The number of halogens is 2. The van der Waals surface area contributed by atoms with Crippen LogP contribution in [0.3, 0.4) is 0 Å². The molecule has 1 N–H and O–H groups in total. The van der Waals surface area contributed by atoms with E-state index >= 15 is 0 Å². The quantitative estimate of drug-likeness (QED) is 0.803. The number of ether oxygens (including phenoxy) is 1. The topological polar surface area (TPSA) is 47.6 Å². The number of carbonyl (C=O) groups is 1. The van der Waals surface area contributed by atoms with Crippen LogP contribution in [0, 0.1) is 5.82 Å². The number of benzene rings is 1. The lowest BCUT2D eigenvalue weighted by molar-refractivity contribution is -0.133. The molecule has 0 radical (unpaired) electrons. The number of amides is 1. The van der Waals surface area contributed by atoms with Gasteiger partial charge in [-0.3, -0.25) is 9.63 Å². The predicted octanol–water partition coefficient (Wildman–Crippen LogP) is 1.54. The number of carbonyl (C=O) groups excluding carboxylic acids is 1. The molecule has 0 aliphatic carbocycles. The van der Waals surface area contributed by atoms with Gasteiger partial charge in [-0.25, -0.2) is 9.87 Å². The largest absolute Gasteiger partial charge is 0.484 e. The number of hydrogen-bond donors (Lipinski definition) is 1. The van der Waals surface area contributed by atoms with Crippen molar-refractivity contribution in [3.8, 4) is 5.75 Å². The third-order valence-electron chi connectivity index (χ3n) is 1.48. The van der Waals surface area contributed by atoms with Gasteiger partial charge in [-0.2, -0.15) is 0 Å². The molecule has 0 bridgehead atoms. The minimum atomic E-state index is -0.537. The molecule has 0 unspecified atom stereocenters. The van der Waals surface area contributed by atoms with E-state index in [4.69, 9.17) is 16.3 Å². The van der Waals surface area contributed by atoms with Crippen molar-refractivity contribution >= 4 is 17.5 Å². The van der Waals surface area contributed by atoms with E-state index < -0.39 is 11.7 Å². The first-order valence-corrected chi connectivity index (χ1v) is 4.41. The first kappa shape index (κ1) is 11.7. The standard InChI is InChI=1S/C9H9ClFNO3/c1-14-12-9(13)5-15-6-2-3-8(11)7(10)4-6/h2-4H,5H2,1H3,(H,12,13). The van der Waals surface area contributed by atoms with Crippen molar-refractivity contribution in [3.63, 3.8) is 0 Å². The normalized spacial score (nSPS) is 9.80. The van der Waals surface area contributed by atoms with Crippen molar-refractivity contribution in [2.75, 3.05) is 13.7 Å². The number of hydrogen-bond acceptors (Lipinski definition) is 3. The maximum absolute atomic E-state index is 12.7. The molecule has 0 spiro atoms. The van der Waals surface area contributed by atoms with Gasteiger partial charge in [-0.15, -0.1) is 0 Å². The Balaban J connectivity index is 2.51. The van der Waals surface area contributed by atoms with Crippen LogP contribution in [0.5, 0.6) is 5.75 Å². The first-order chi connectivity index (χ1) is 7.13. The monoisotopic (exact) mass is 233 g/mol. The smallest absolute Gasteiger partial charge is 0.281 e. The van der Waals surface area contributed by atoms with Crippen LogP contribution in [-0.4, -0.2) is 19.6 Å². The molecule has 82 valence electrons. The molecular weight excluding hydrogens is 225 g/mol. The highest BCUT2D eigenvalue weighted by atomic mass is 35.5. The predicted molar refractivity (Wildman–Crippen MR) is 52.1 cm³/mol. The van der Waals surface area contributed by atoms with Crippen molar-refractivity contribution in [1.82, 2.24) is 5.48 Å². The summed E-state index contributed by atoms with van der Waals surface area (Å²) in [6, 6.07) is 3.82. The molecule has 1 amide bonds. The second kappa shape index (κ2) is 5.53. The molecule has 1 aromatic carbocycles. The number of nitrogens with one attached hydrogen (secondary N) is 1. The summed E-state index contributed by atoms with van der Waals surface area (Å²) in [5, 5.41) is -0.0559. The maximum atomic E-state index is 12.7. The van der Waals surface area contributed by atoms with Gasteiger partial charge in [0.2, 0.25) is 0 Å². The second-order valence-electron chi connectivity index (χ2n) is 2.59. The van der Waals surface area contributed by atoms with Crippen LogP contribution in [0.2, 0.25) is 5.02 Å². The molecule has 0 heterocycles. The summed E-state index contributed by atoms with van der Waals surface area (Å²) in [4.78, 5) is 15.3. The van der Waals surface area contributed by atoms with Gasteiger partial charge in [-0.1, -0.05) is 11.6 Å².